The van der Waals surface area contributed by atoms with Crippen LogP contribution in [0.2, 0.25) is 0 Å². The van der Waals surface area contributed by atoms with Crippen LogP contribution in [0.15, 0.2) is 54.9 Å². The van der Waals surface area contributed by atoms with Crippen LogP contribution in [0, 0.1) is 0 Å². The van der Waals surface area contributed by atoms with Gasteiger partial charge in [0, 0.05) is 43.8 Å². The van der Waals surface area contributed by atoms with Crippen molar-refractivity contribution in [1.29, 1.82) is 0 Å². The largest absolute Gasteiger partial charge is 0.386 e. The highest BCUT2D eigenvalue weighted by Crippen LogP contribution is 2.24. The molecule has 0 unspecified atom stereocenters. The molecule has 2 N–H and O–H groups in total. The SMILES string of the molecule is CNc1c[nH]c2ncccc12.O=CN1CC(c2ccccc2)C1. The van der Waals surface area contributed by atoms with E-state index in [-0.39, 0.29) is 0 Å². The second-order valence-electron chi connectivity index (χ2n) is 5.52. The first kappa shape index (κ1) is 15.1. The Balaban J connectivity index is 0.000000136. The first-order valence-corrected chi connectivity index (χ1v) is 7.66. The second-order valence-corrected chi connectivity index (χ2v) is 5.52. The molecule has 4 rings (SSSR count). The van der Waals surface area contributed by atoms with Crippen molar-refractivity contribution in [3.63, 3.8) is 0 Å². The number of fused-ring (bicyclic) bond motifs is 1. The summed E-state index contributed by atoms with van der Waals surface area (Å²) in [5.41, 5.74) is 3.36. The average Bonchev–Trinajstić information content (AvgIpc) is 2.99. The number of H-pyrrole nitrogens is 1. The molecular weight excluding hydrogens is 288 g/mol. The van der Waals surface area contributed by atoms with Crippen LogP contribution in [0.5, 0.6) is 0 Å². The summed E-state index contributed by atoms with van der Waals surface area (Å²) in [6.07, 6.45) is 4.61. The Morgan fingerprint density at radius 2 is 2.00 bits per heavy atom. The summed E-state index contributed by atoms with van der Waals surface area (Å²) in [7, 11) is 1.90. The van der Waals surface area contributed by atoms with E-state index in [0.29, 0.717) is 5.92 Å². The topological polar surface area (TPSA) is 61.0 Å². The molecule has 0 saturated carbocycles. The van der Waals surface area contributed by atoms with Gasteiger partial charge in [0.15, 0.2) is 0 Å². The van der Waals surface area contributed by atoms with Crippen molar-refractivity contribution in [3.05, 3.63) is 60.4 Å². The summed E-state index contributed by atoms with van der Waals surface area (Å²) in [5.74, 6) is 0.566. The monoisotopic (exact) mass is 308 g/mol. The van der Waals surface area contributed by atoms with Gasteiger partial charge in [0.05, 0.1) is 5.69 Å². The van der Waals surface area contributed by atoms with Gasteiger partial charge in [0.25, 0.3) is 0 Å². The first-order valence-electron chi connectivity index (χ1n) is 7.66. The van der Waals surface area contributed by atoms with Gasteiger partial charge in [0.1, 0.15) is 5.65 Å². The van der Waals surface area contributed by atoms with Crippen LogP contribution in [0.4, 0.5) is 5.69 Å². The molecule has 3 aromatic rings. The Morgan fingerprint density at radius 1 is 1.22 bits per heavy atom. The molecular formula is C18H20N4O. The zero-order chi connectivity index (χ0) is 16.1. The molecule has 3 heterocycles. The van der Waals surface area contributed by atoms with E-state index < -0.39 is 0 Å². The van der Waals surface area contributed by atoms with E-state index in [0.717, 1.165) is 36.2 Å². The number of hydrogen-bond acceptors (Lipinski definition) is 3. The molecule has 0 radical (unpaired) electrons. The lowest BCUT2D eigenvalue weighted by atomic mass is 9.92. The summed E-state index contributed by atoms with van der Waals surface area (Å²) in [6, 6.07) is 14.3. The van der Waals surface area contributed by atoms with Crippen molar-refractivity contribution in [2.75, 3.05) is 25.5 Å². The summed E-state index contributed by atoms with van der Waals surface area (Å²) in [4.78, 5) is 19.3. The van der Waals surface area contributed by atoms with E-state index in [1.807, 2.05) is 43.6 Å². The lowest BCUT2D eigenvalue weighted by Crippen LogP contribution is -2.43. The number of pyridine rings is 1. The minimum atomic E-state index is 0.566. The predicted molar refractivity (Wildman–Crippen MR) is 92.5 cm³/mol. The molecule has 1 fully saturated rings. The molecule has 5 nitrogen and oxygen atoms in total. The smallest absolute Gasteiger partial charge is 0.209 e. The normalized spacial score (nSPS) is 13.9. The van der Waals surface area contributed by atoms with Gasteiger partial charge in [-0.3, -0.25) is 4.79 Å². The Hall–Kier alpha value is -2.82. The standard InChI is InChI=1S/C10H11NO.C8H9N3/c12-8-11-6-10(7-11)9-4-2-1-3-5-9;1-9-7-5-11-8-6(7)3-2-4-10-8/h1-5,8,10H,6-7H2;2-5,9H,1H3,(H,10,11). The maximum atomic E-state index is 10.3. The third kappa shape index (κ3) is 3.34. The van der Waals surface area contributed by atoms with Crippen molar-refractivity contribution in [1.82, 2.24) is 14.9 Å². The molecule has 1 aliphatic heterocycles. The zero-order valence-corrected chi connectivity index (χ0v) is 13.1. The van der Waals surface area contributed by atoms with E-state index >= 15 is 0 Å². The quantitative estimate of drug-likeness (QED) is 0.731. The highest BCUT2D eigenvalue weighted by atomic mass is 16.1. The summed E-state index contributed by atoms with van der Waals surface area (Å²) < 4.78 is 0. The number of anilines is 1. The van der Waals surface area contributed by atoms with Gasteiger partial charge < -0.3 is 15.2 Å². The van der Waals surface area contributed by atoms with E-state index in [2.05, 4.69) is 27.4 Å². The van der Waals surface area contributed by atoms with E-state index in [4.69, 9.17) is 0 Å². The van der Waals surface area contributed by atoms with Crippen LogP contribution < -0.4 is 5.32 Å². The Labute approximate surface area is 135 Å². The highest BCUT2D eigenvalue weighted by molar-refractivity contribution is 5.89. The average molecular weight is 308 g/mol. The van der Waals surface area contributed by atoms with E-state index in [1.54, 1.807) is 11.1 Å². The Kier molecular flexibility index (Phi) is 4.57. The number of carbonyl (C=O) groups is 1. The number of nitrogens with zero attached hydrogens (tertiary/aromatic N) is 2. The number of aromatic amines is 1. The number of amides is 1. The molecule has 1 aromatic carbocycles. The van der Waals surface area contributed by atoms with Crippen LogP contribution in [-0.2, 0) is 4.79 Å². The lowest BCUT2D eigenvalue weighted by Gasteiger charge is -2.36. The fourth-order valence-corrected chi connectivity index (χ4v) is 2.70. The highest BCUT2D eigenvalue weighted by Gasteiger charge is 2.25. The first-order chi connectivity index (χ1) is 11.3. The Morgan fingerprint density at radius 3 is 2.70 bits per heavy atom. The van der Waals surface area contributed by atoms with Crippen LogP contribution in [0.1, 0.15) is 11.5 Å². The summed E-state index contributed by atoms with van der Waals surface area (Å²) in [6.45, 7) is 1.76. The van der Waals surface area contributed by atoms with Crippen LogP contribution in [0.3, 0.4) is 0 Å². The van der Waals surface area contributed by atoms with Crippen LogP contribution in [-0.4, -0.2) is 41.4 Å². The molecule has 0 atom stereocenters. The van der Waals surface area contributed by atoms with Gasteiger partial charge in [-0.25, -0.2) is 4.98 Å². The van der Waals surface area contributed by atoms with Crippen LogP contribution in [0.25, 0.3) is 11.0 Å². The second kappa shape index (κ2) is 6.96. The minimum Gasteiger partial charge on any atom is -0.386 e. The molecule has 2 aromatic heterocycles. The van der Waals surface area contributed by atoms with Gasteiger partial charge in [-0.05, 0) is 17.7 Å². The molecule has 0 bridgehead atoms. The van der Waals surface area contributed by atoms with Crippen LogP contribution >= 0.6 is 0 Å². The summed E-state index contributed by atoms with van der Waals surface area (Å²) >= 11 is 0. The minimum absolute atomic E-state index is 0.566. The van der Waals surface area contributed by atoms with Gasteiger partial charge in [-0.1, -0.05) is 30.3 Å². The number of carbonyl (C=O) groups excluding carboxylic acids is 1. The molecule has 1 amide bonds. The molecule has 118 valence electrons. The van der Waals surface area contributed by atoms with Gasteiger partial charge in [0.2, 0.25) is 6.41 Å². The zero-order valence-electron chi connectivity index (χ0n) is 13.1. The Bertz CT molecular complexity index is 763. The number of nitrogens with one attached hydrogen (secondary N) is 2. The van der Waals surface area contributed by atoms with Crippen molar-refractivity contribution in [3.8, 4) is 0 Å². The van der Waals surface area contributed by atoms with Gasteiger partial charge >= 0.3 is 0 Å². The molecule has 0 aliphatic carbocycles. The lowest BCUT2D eigenvalue weighted by molar-refractivity contribution is -0.122. The third-order valence-electron chi connectivity index (χ3n) is 4.05. The molecule has 1 aliphatic rings. The molecule has 0 spiro atoms. The van der Waals surface area contributed by atoms with Gasteiger partial charge in [-0.2, -0.15) is 0 Å². The molecule has 5 heteroatoms. The predicted octanol–water partition coefficient (Wildman–Crippen LogP) is 2.85. The maximum Gasteiger partial charge on any atom is 0.209 e. The fraction of sp³-hybridized carbons (Fsp3) is 0.222. The number of hydrogen-bond donors (Lipinski definition) is 2. The van der Waals surface area contributed by atoms with Crippen molar-refractivity contribution >= 4 is 23.1 Å². The molecule has 23 heavy (non-hydrogen) atoms. The molecule has 1 saturated heterocycles. The third-order valence-corrected chi connectivity index (χ3v) is 4.05. The number of aromatic nitrogens is 2. The van der Waals surface area contributed by atoms with E-state index in [9.17, 15) is 4.79 Å². The maximum absolute atomic E-state index is 10.3. The number of likely N-dealkylation sites (tertiary alicyclic amines) is 1. The van der Waals surface area contributed by atoms with Crippen molar-refractivity contribution < 1.29 is 4.79 Å². The number of benzene rings is 1. The van der Waals surface area contributed by atoms with Crippen molar-refractivity contribution in [2.24, 2.45) is 0 Å². The van der Waals surface area contributed by atoms with E-state index in [1.165, 1.54) is 5.56 Å². The van der Waals surface area contributed by atoms with Gasteiger partial charge in [-0.15, -0.1) is 0 Å². The summed E-state index contributed by atoms with van der Waals surface area (Å²) in [5, 5.41) is 4.21. The van der Waals surface area contributed by atoms with Crippen molar-refractivity contribution in [2.45, 2.75) is 5.92 Å². The number of rotatable bonds is 3. The fourth-order valence-electron chi connectivity index (χ4n) is 2.70.